The Labute approximate surface area is 97.1 Å². The molecule has 0 saturated carbocycles. The van der Waals surface area contributed by atoms with Crippen LogP contribution in [0.1, 0.15) is 20.8 Å². The third-order valence-electron chi connectivity index (χ3n) is 2.08. The van der Waals surface area contributed by atoms with Gasteiger partial charge in [0.15, 0.2) is 0 Å². The lowest BCUT2D eigenvalue weighted by Gasteiger charge is -2.13. The van der Waals surface area contributed by atoms with Gasteiger partial charge in [0.2, 0.25) is 0 Å². The van der Waals surface area contributed by atoms with E-state index < -0.39 is 15.1 Å². The number of amides is 1. The number of carbonyl (C=O) groups excluding carboxylic acids is 1. The van der Waals surface area contributed by atoms with Gasteiger partial charge in [-0.3, -0.25) is 4.79 Å². The molecule has 1 amide bonds. The molecule has 0 heterocycles. The fourth-order valence-corrected chi connectivity index (χ4v) is 2.38. The summed E-state index contributed by atoms with van der Waals surface area (Å²) in [4.78, 5) is 12.3. The minimum Gasteiger partial charge on any atom is -0.271 e. The van der Waals surface area contributed by atoms with Crippen molar-refractivity contribution in [1.29, 1.82) is 0 Å². The number of hydrogen-bond donors (Lipinski definition) is 0. The molecule has 0 spiro atoms. The summed E-state index contributed by atoms with van der Waals surface area (Å²) in [5.41, 5.74) is -0.590. The van der Waals surface area contributed by atoms with E-state index in [-0.39, 0.29) is 5.91 Å². The second kappa shape index (κ2) is 4.37. The number of hydrogen-bond acceptors (Lipinski definition) is 2. The second-order valence-corrected chi connectivity index (χ2v) is 7.02. The van der Waals surface area contributed by atoms with Gasteiger partial charge in [-0.1, -0.05) is 39.0 Å². The van der Waals surface area contributed by atoms with Gasteiger partial charge in [0.25, 0.3) is 5.91 Å². The van der Waals surface area contributed by atoms with Crippen LogP contribution in [0.5, 0.6) is 0 Å². The summed E-state index contributed by atoms with van der Waals surface area (Å²) in [7, 11) is -2.62. The zero-order valence-corrected chi connectivity index (χ0v) is 10.9. The molecule has 0 N–H and O–H groups in total. The quantitative estimate of drug-likeness (QED) is 0.756. The minimum absolute atomic E-state index is 0.330. The summed E-state index contributed by atoms with van der Waals surface area (Å²) in [6.45, 7) is 5.29. The van der Waals surface area contributed by atoms with Crippen molar-refractivity contribution in [3.8, 4) is 0 Å². The second-order valence-electron chi connectivity index (χ2n) is 4.76. The lowest BCUT2D eigenvalue weighted by Crippen LogP contribution is -2.19. The zero-order chi connectivity index (χ0) is 12.4. The van der Waals surface area contributed by atoms with Crippen LogP contribution in [0.4, 0.5) is 0 Å². The lowest BCUT2D eigenvalue weighted by molar-refractivity contribution is -0.124. The summed E-state index contributed by atoms with van der Waals surface area (Å²) in [6, 6.07) is 8.86. The van der Waals surface area contributed by atoms with Gasteiger partial charge in [0.1, 0.15) is 0 Å². The fraction of sp³-hybridized carbons (Fsp3) is 0.417. The van der Waals surface area contributed by atoms with E-state index in [0.29, 0.717) is 4.90 Å². The molecule has 1 rings (SSSR count). The van der Waals surface area contributed by atoms with Crippen LogP contribution >= 0.6 is 0 Å². The normalized spacial score (nSPS) is 15.2. The standard InChI is InChI=1S/C12H17NO2S/c1-12(2,3)11(14)13-16(4,15)10-8-6-5-7-9-10/h5-9H,1-4H3. The summed E-state index contributed by atoms with van der Waals surface area (Å²) in [5, 5.41) is 0. The smallest absolute Gasteiger partial charge is 0.259 e. The summed E-state index contributed by atoms with van der Waals surface area (Å²) in [6.07, 6.45) is 1.49. The highest BCUT2D eigenvalue weighted by Gasteiger charge is 2.22. The van der Waals surface area contributed by atoms with Crippen LogP contribution in [0.3, 0.4) is 0 Å². The number of carbonyl (C=O) groups is 1. The van der Waals surface area contributed by atoms with Crippen LogP contribution in [0, 0.1) is 5.41 Å². The van der Waals surface area contributed by atoms with E-state index in [1.807, 2.05) is 6.07 Å². The molecule has 4 heteroatoms. The first-order valence-electron chi connectivity index (χ1n) is 5.05. The predicted molar refractivity (Wildman–Crippen MR) is 65.7 cm³/mol. The van der Waals surface area contributed by atoms with Gasteiger partial charge < -0.3 is 0 Å². The first-order valence-corrected chi connectivity index (χ1v) is 6.97. The first kappa shape index (κ1) is 12.9. The van der Waals surface area contributed by atoms with E-state index in [1.165, 1.54) is 6.26 Å². The summed E-state index contributed by atoms with van der Waals surface area (Å²) in [5.74, 6) is -0.330. The topological polar surface area (TPSA) is 46.5 Å². The zero-order valence-electron chi connectivity index (χ0n) is 10.1. The third kappa shape index (κ3) is 3.17. The van der Waals surface area contributed by atoms with Crippen molar-refractivity contribution in [2.24, 2.45) is 9.78 Å². The van der Waals surface area contributed by atoms with Crippen molar-refractivity contribution in [3.05, 3.63) is 30.3 Å². The molecule has 0 aliphatic heterocycles. The molecule has 0 radical (unpaired) electrons. The molecule has 0 aliphatic rings. The monoisotopic (exact) mass is 239 g/mol. The molecule has 1 unspecified atom stereocenters. The van der Waals surface area contributed by atoms with Crippen LogP contribution in [0.2, 0.25) is 0 Å². The molecular formula is C12H17NO2S. The molecule has 0 fully saturated rings. The van der Waals surface area contributed by atoms with Crippen LogP contribution in [0.15, 0.2) is 39.6 Å². The van der Waals surface area contributed by atoms with E-state index in [9.17, 15) is 9.00 Å². The molecule has 88 valence electrons. The van der Waals surface area contributed by atoms with E-state index in [4.69, 9.17) is 0 Å². The third-order valence-corrected chi connectivity index (χ3v) is 3.74. The minimum atomic E-state index is -2.62. The van der Waals surface area contributed by atoms with Crippen molar-refractivity contribution in [1.82, 2.24) is 0 Å². The van der Waals surface area contributed by atoms with Crippen molar-refractivity contribution >= 4 is 15.6 Å². The van der Waals surface area contributed by atoms with E-state index in [0.717, 1.165) is 0 Å². The highest BCUT2D eigenvalue weighted by molar-refractivity contribution is 7.93. The Morgan fingerprint density at radius 3 is 2.12 bits per heavy atom. The molecule has 0 aromatic heterocycles. The van der Waals surface area contributed by atoms with Crippen molar-refractivity contribution in [2.45, 2.75) is 25.7 Å². The summed E-state index contributed by atoms with van der Waals surface area (Å²) < 4.78 is 16.1. The van der Waals surface area contributed by atoms with Crippen LogP contribution in [0.25, 0.3) is 0 Å². The Bertz CT molecular complexity index is 492. The van der Waals surface area contributed by atoms with Gasteiger partial charge in [-0.05, 0) is 12.1 Å². The Hall–Kier alpha value is -1.16. The van der Waals surface area contributed by atoms with Gasteiger partial charge in [-0.15, -0.1) is 0 Å². The Morgan fingerprint density at radius 2 is 1.69 bits per heavy atom. The number of rotatable bonds is 1. The highest BCUT2D eigenvalue weighted by atomic mass is 32.2. The van der Waals surface area contributed by atoms with E-state index in [1.54, 1.807) is 45.0 Å². The highest BCUT2D eigenvalue weighted by Crippen LogP contribution is 2.18. The number of nitrogens with zero attached hydrogens (tertiary/aromatic N) is 1. The van der Waals surface area contributed by atoms with Crippen molar-refractivity contribution in [3.63, 3.8) is 0 Å². The SMILES string of the molecule is CC(C)(C)C(=O)N=S(C)(=O)c1ccccc1. The average molecular weight is 239 g/mol. The molecule has 16 heavy (non-hydrogen) atoms. The maximum Gasteiger partial charge on any atom is 0.259 e. The molecule has 0 aliphatic carbocycles. The van der Waals surface area contributed by atoms with Gasteiger partial charge in [-0.25, -0.2) is 4.21 Å². The van der Waals surface area contributed by atoms with Gasteiger partial charge in [0.05, 0.1) is 9.73 Å². The molecule has 1 atom stereocenters. The lowest BCUT2D eigenvalue weighted by atomic mass is 9.96. The van der Waals surface area contributed by atoms with Crippen molar-refractivity contribution < 1.29 is 9.00 Å². The first-order chi connectivity index (χ1) is 7.23. The van der Waals surface area contributed by atoms with Gasteiger partial charge >= 0.3 is 0 Å². The van der Waals surface area contributed by atoms with E-state index in [2.05, 4.69) is 4.36 Å². The molecule has 1 aromatic carbocycles. The maximum absolute atomic E-state index is 12.3. The Morgan fingerprint density at radius 1 is 1.19 bits per heavy atom. The predicted octanol–water partition coefficient (Wildman–Crippen LogP) is 2.72. The molecule has 0 saturated heterocycles. The van der Waals surface area contributed by atoms with E-state index >= 15 is 0 Å². The Balaban J connectivity index is 3.19. The molecular weight excluding hydrogens is 222 g/mol. The van der Waals surface area contributed by atoms with Crippen LogP contribution in [-0.2, 0) is 14.5 Å². The number of benzene rings is 1. The Kier molecular flexibility index (Phi) is 3.53. The molecule has 0 bridgehead atoms. The van der Waals surface area contributed by atoms with Gasteiger partial charge in [0, 0.05) is 16.6 Å². The summed E-state index contributed by atoms with van der Waals surface area (Å²) >= 11 is 0. The van der Waals surface area contributed by atoms with Crippen LogP contribution < -0.4 is 0 Å². The fourth-order valence-electron chi connectivity index (χ4n) is 1.02. The van der Waals surface area contributed by atoms with Gasteiger partial charge in [-0.2, -0.15) is 4.36 Å². The maximum atomic E-state index is 12.3. The molecule has 1 aromatic rings. The van der Waals surface area contributed by atoms with Crippen molar-refractivity contribution in [2.75, 3.05) is 6.26 Å². The molecule has 3 nitrogen and oxygen atoms in total. The largest absolute Gasteiger partial charge is 0.271 e. The average Bonchev–Trinajstić information content (AvgIpc) is 2.17. The van der Waals surface area contributed by atoms with Crippen LogP contribution in [-0.4, -0.2) is 16.4 Å².